The first-order valence-corrected chi connectivity index (χ1v) is 4.50. The van der Waals surface area contributed by atoms with E-state index in [1.165, 1.54) is 0 Å². The highest BCUT2D eigenvalue weighted by atomic mass is 19.1. The molecule has 68 valence electrons. The second kappa shape index (κ2) is 2.95. The van der Waals surface area contributed by atoms with Crippen molar-refractivity contribution in [1.82, 2.24) is 0 Å². The number of carbonyl (C=O) groups excluding carboxylic acids is 1. The second-order valence-electron chi connectivity index (χ2n) is 3.52. The van der Waals surface area contributed by atoms with Gasteiger partial charge in [-0.15, -0.1) is 0 Å². The topological polar surface area (TPSA) is 17.1 Å². The Morgan fingerprint density at radius 3 is 2.54 bits per heavy atom. The summed E-state index contributed by atoms with van der Waals surface area (Å²) >= 11 is 0. The summed E-state index contributed by atoms with van der Waals surface area (Å²) in [6.45, 7) is 0. The van der Waals surface area contributed by atoms with Gasteiger partial charge in [-0.3, -0.25) is 4.79 Å². The Labute approximate surface area is 76.6 Å². The van der Waals surface area contributed by atoms with Crippen LogP contribution in [-0.2, 0) is 5.67 Å². The van der Waals surface area contributed by atoms with Gasteiger partial charge in [-0.1, -0.05) is 24.3 Å². The maximum absolute atomic E-state index is 13.9. The highest BCUT2D eigenvalue weighted by molar-refractivity contribution is 5.77. The van der Waals surface area contributed by atoms with Crippen LogP contribution in [0.25, 0.3) is 0 Å². The van der Waals surface area contributed by atoms with Gasteiger partial charge in [0.25, 0.3) is 0 Å². The molecule has 1 aliphatic carbocycles. The zero-order chi connectivity index (χ0) is 9.31. The molecule has 1 saturated carbocycles. The van der Waals surface area contributed by atoms with Crippen molar-refractivity contribution in [2.45, 2.75) is 24.9 Å². The van der Waals surface area contributed by atoms with Crippen molar-refractivity contribution in [1.29, 1.82) is 0 Å². The van der Waals surface area contributed by atoms with E-state index < -0.39 is 5.67 Å². The van der Waals surface area contributed by atoms with Crippen molar-refractivity contribution in [3.05, 3.63) is 35.4 Å². The van der Waals surface area contributed by atoms with Crippen LogP contribution in [0.4, 0.5) is 4.39 Å². The van der Waals surface area contributed by atoms with Crippen LogP contribution in [0.3, 0.4) is 0 Å². The van der Waals surface area contributed by atoms with Gasteiger partial charge in [-0.25, -0.2) is 4.39 Å². The fourth-order valence-electron chi connectivity index (χ4n) is 1.76. The van der Waals surface area contributed by atoms with Gasteiger partial charge in [0.15, 0.2) is 0 Å². The fraction of sp³-hybridized carbons (Fsp3) is 0.364. The van der Waals surface area contributed by atoms with E-state index in [1.807, 2.05) is 0 Å². The third-order valence-electron chi connectivity index (χ3n) is 2.72. The summed E-state index contributed by atoms with van der Waals surface area (Å²) in [5.41, 5.74) is -0.168. The van der Waals surface area contributed by atoms with Crippen molar-refractivity contribution in [2.75, 3.05) is 0 Å². The minimum absolute atomic E-state index is 0.490. The summed E-state index contributed by atoms with van der Waals surface area (Å²) < 4.78 is 13.9. The van der Waals surface area contributed by atoms with E-state index in [0.717, 1.165) is 12.7 Å². The van der Waals surface area contributed by atoms with Crippen molar-refractivity contribution in [3.63, 3.8) is 0 Å². The maximum Gasteiger partial charge on any atom is 0.150 e. The monoisotopic (exact) mass is 178 g/mol. The van der Waals surface area contributed by atoms with Gasteiger partial charge in [0, 0.05) is 5.56 Å². The number of aldehydes is 1. The van der Waals surface area contributed by atoms with Crippen LogP contribution in [0.2, 0.25) is 0 Å². The maximum atomic E-state index is 13.9. The predicted molar refractivity (Wildman–Crippen MR) is 48.5 cm³/mol. The Hall–Kier alpha value is -1.18. The van der Waals surface area contributed by atoms with Crippen LogP contribution in [0.1, 0.15) is 35.2 Å². The molecule has 1 aliphatic rings. The van der Waals surface area contributed by atoms with Crippen LogP contribution >= 0.6 is 0 Å². The molecule has 0 N–H and O–H groups in total. The van der Waals surface area contributed by atoms with Gasteiger partial charge < -0.3 is 0 Å². The van der Waals surface area contributed by atoms with E-state index >= 15 is 0 Å². The van der Waals surface area contributed by atoms with Gasteiger partial charge in [-0.2, -0.15) is 0 Å². The summed E-state index contributed by atoms with van der Waals surface area (Å²) in [5, 5.41) is 0. The molecule has 0 spiro atoms. The number of alkyl halides is 1. The van der Waals surface area contributed by atoms with Gasteiger partial charge in [0.05, 0.1) is 0 Å². The van der Waals surface area contributed by atoms with E-state index in [9.17, 15) is 9.18 Å². The van der Waals surface area contributed by atoms with Gasteiger partial charge in [0.2, 0.25) is 0 Å². The third-order valence-corrected chi connectivity index (χ3v) is 2.72. The molecule has 0 aromatic heterocycles. The predicted octanol–water partition coefficient (Wildman–Crippen LogP) is 2.85. The molecule has 1 aromatic carbocycles. The third kappa shape index (κ3) is 1.26. The van der Waals surface area contributed by atoms with E-state index in [-0.39, 0.29) is 0 Å². The summed E-state index contributed by atoms with van der Waals surface area (Å²) in [5.74, 6) is 0. The van der Waals surface area contributed by atoms with Crippen LogP contribution in [-0.4, -0.2) is 6.29 Å². The lowest BCUT2D eigenvalue weighted by Gasteiger charge is -2.34. The van der Waals surface area contributed by atoms with Crippen molar-refractivity contribution in [3.8, 4) is 0 Å². The Morgan fingerprint density at radius 1 is 1.31 bits per heavy atom. The molecular weight excluding hydrogens is 167 g/mol. The summed E-state index contributed by atoms with van der Waals surface area (Å²) in [7, 11) is 0. The largest absolute Gasteiger partial charge is 0.298 e. The summed E-state index contributed by atoms with van der Waals surface area (Å²) in [4.78, 5) is 10.6. The van der Waals surface area contributed by atoms with Crippen molar-refractivity contribution < 1.29 is 9.18 Å². The molecule has 13 heavy (non-hydrogen) atoms. The zero-order valence-electron chi connectivity index (χ0n) is 7.29. The van der Waals surface area contributed by atoms with Crippen LogP contribution in [0.5, 0.6) is 0 Å². The van der Waals surface area contributed by atoms with Gasteiger partial charge >= 0.3 is 0 Å². The first kappa shape index (κ1) is 8.42. The van der Waals surface area contributed by atoms with Crippen LogP contribution in [0, 0.1) is 0 Å². The van der Waals surface area contributed by atoms with E-state index in [4.69, 9.17) is 0 Å². The minimum atomic E-state index is -1.22. The van der Waals surface area contributed by atoms with Crippen molar-refractivity contribution >= 4 is 6.29 Å². The number of hydrogen-bond donors (Lipinski definition) is 0. The molecule has 0 bridgehead atoms. The molecule has 0 saturated heterocycles. The van der Waals surface area contributed by atoms with Crippen molar-refractivity contribution in [2.24, 2.45) is 0 Å². The van der Waals surface area contributed by atoms with E-state index in [1.54, 1.807) is 24.3 Å². The molecule has 1 nitrogen and oxygen atoms in total. The minimum Gasteiger partial charge on any atom is -0.298 e. The SMILES string of the molecule is O=Cc1ccccc1C1(F)CCC1. The number of hydrogen-bond acceptors (Lipinski definition) is 1. The van der Waals surface area contributed by atoms with Crippen LogP contribution < -0.4 is 0 Å². The first-order chi connectivity index (χ1) is 6.26. The Kier molecular flexibility index (Phi) is 1.91. The molecule has 2 rings (SSSR count). The molecule has 0 radical (unpaired) electrons. The Balaban J connectivity index is 2.43. The quantitative estimate of drug-likeness (QED) is 0.636. The second-order valence-corrected chi connectivity index (χ2v) is 3.52. The normalized spacial score (nSPS) is 19.2. The molecule has 0 heterocycles. The highest BCUT2D eigenvalue weighted by Crippen LogP contribution is 2.45. The summed E-state index contributed by atoms with van der Waals surface area (Å²) in [6, 6.07) is 6.92. The molecule has 0 unspecified atom stereocenters. The Bertz CT molecular complexity index is 329. The number of halogens is 1. The molecule has 1 aromatic rings. The standard InChI is InChI=1S/C11H11FO/c12-11(6-3-7-11)10-5-2-1-4-9(10)8-13/h1-2,4-5,8H,3,6-7H2. The molecular formula is C11H11FO. The molecule has 0 aliphatic heterocycles. The Morgan fingerprint density at radius 2 is 2.00 bits per heavy atom. The molecule has 1 fully saturated rings. The lowest BCUT2D eigenvalue weighted by Crippen LogP contribution is -2.29. The average molecular weight is 178 g/mol. The van der Waals surface area contributed by atoms with Gasteiger partial charge in [-0.05, 0) is 24.8 Å². The molecule has 0 atom stereocenters. The van der Waals surface area contributed by atoms with Gasteiger partial charge in [0.1, 0.15) is 12.0 Å². The summed E-state index contributed by atoms with van der Waals surface area (Å²) in [6.07, 6.45) is 2.76. The lowest BCUT2D eigenvalue weighted by molar-refractivity contribution is 0.0597. The molecule has 2 heteroatoms. The average Bonchev–Trinajstić information content (AvgIpc) is 2.14. The highest BCUT2D eigenvalue weighted by Gasteiger charge is 2.40. The molecule has 0 amide bonds. The zero-order valence-corrected chi connectivity index (χ0v) is 7.29. The smallest absolute Gasteiger partial charge is 0.150 e. The van der Waals surface area contributed by atoms with E-state index in [2.05, 4.69) is 0 Å². The van der Waals surface area contributed by atoms with E-state index in [0.29, 0.717) is 24.0 Å². The number of carbonyl (C=O) groups is 1. The fourth-order valence-corrected chi connectivity index (χ4v) is 1.76. The first-order valence-electron chi connectivity index (χ1n) is 4.50. The van der Waals surface area contributed by atoms with Crippen LogP contribution in [0.15, 0.2) is 24.3 Å². The number of benzene rings is 1. The lowest BCUT2D eigenvalue weighted by atomic mass is 9.75. The number of rotatable bonds is 2.